The molecule has 7 aromatic rings. The van der Waals surface area contributed by atoms with E-state index in [2.05, 4.69) is 52.8 Å². The number of para-hydroxylation sites is 1. The number of halogens is 3. The molecule has 740 valence electrons. The summed E-state index contributed by atoms with van der Waals surface area (Å²) in [6, 6.07) is 14.1. The van der Waals surface area contributed by atoms with Crippen LogP contribution in [0.3, 0.4) is 0 Å². The number of nitrogens with one attached hydrogen (secondary N) is 10. The van der Waals surface area contributed by atoms with Crippen LogP contribution in [0.25, 0.3) is 10.9 Å². The van der Waals surface area contributed by atoms with Crippen molar-refractivity contribution in [2.24, 2.45) is 17.6 Å². The molecule has 13 atom stereocenters. The summed E-state index contributed by atoms with van der Waals surface area (Å²) in [7, 11) is 3.71. The fraction of sp³-hybridized carbons (Fsp3) is 0.443. The van der Waals surface area contributed by atoms with E-state index in [-0.39, 0.29) is 94.7 Å². The molecule has 3 aliphatic heterocycles. The van der Waals surface area contributed by atoms with Crippen LogP contribution in [-0.4, -0.2) is 297 Å². The summed E-state index contributed by atoms with van der Waals surface area (Å²) in [6.07, 6.45) is -1.46. The number of benzene rings is 6. The summed E-state index contributed by atoms with van der Waals surface area (Å²) in [5.74, 6) is -24.8. The average Bonchev–Trinajstić information content (AvgIpc) is 1.07. The van der Waals surface area contributed by atoms with Gasteiger partial charge in [-0.05, 0) is 101 Å². The number of rotatable bonds is 23. The third kappa shape index (κ3) is 29.3. The SMILES string of the molecule is CCCC[C@H]1C(=O)N2CCOC[C@@H]2C(=O)N[C@@H](CC(=O)O)C(=O)N[C@@H](C(C)C)C(=O)N(C)[C@@H](Cc2ccccc2)C(=O)N[C@@H](Cc2ccc(O)cc2)C(=O)N2CCOC[C@@H]2C(=O)N[C@H](Cc2c[nH]c3ccccc23)C(=O)N[C@@H](Cc2ccc(O)cc2)C(=O)N[C@@H](CC(C)C)C(=O)N[C@H](C(=O)NCC(N)=O)CSCC(=O)N[C@@H](Cc2cc(F)c(F)c(F)c2)C(=O)N(C)[C@@H](Cc2ccccc2)C(=O)N1C. The molecule has 0 bridgehead atoms. The highest BCUT2D eigenvalue weighted by Crippen LogP contribution is 2.27. The lowest BCUT2D eigenvalue weighted by Gasteiger charge is -2.40. The van der Waals surface area contributed by atoms with Crippen LogP contribution in [0.4, 0.5) is 13.2 Å². The predicted octanol–water partition coefficient (Wildman–Crippen LogP) is 2.28. The Labute approximate surface area is 799 Å². The standard InChI is InChI=1S/C97H119F3N16O21S/c1-9-10-25-75-96(134)116-35-37-137-51-79(116)92(130)108-71(47-82(121)122)89(127)111-84(55(4)5)97(135)113(7)76(44-56-19-13-11-14-20-56)90(128)109-73(42-59-28-32-63(118)33-29-59)94(132)115-34-36-136-50-78(115)91(129)107-70(46-61-48-102-67-24-18-17-23-64(61)67)88(126)106-69(41-58-26-30-62(117)31-27-58)87(125)105-68(38-54(2)3)86(124)110-74(85(123)103-49-80(101)119)52-138-53-81(120)104-72(43-60-39-65(98)83(100)66(99)40-60)93(131)114(8)77(95(133)112(75)6)45-57-21-15-12-16-22-57/h11-24,26-33,39-40,48,54-55,68-79,84,102,117-118H,9-10,25,34-38,41-47,49-53H2,1-8H3,(H2,101,119)(H,103,123)(H,104,120)(H,105,125)(H,106,126)(H,107,129)(H,108,130)(H,109,128)(H,110,124)(H,111,127)(H,121,122)/t68-,69-,70+,71-,72-,73-,74-,75-,76-,77-,78+,79+,84-/m0/s1. The van der Waals surface area contributed by atoms with Crippen molar-refractivity contribution in [3.05, 3.63) is 203 Å². The Bertz CT molecular complexity index is 5490. The number of ether oxygens (including phenoxy) is 2. The minimum atomic E-state index is -2.02. The molecule has 0 radical (unpaired) electrons. The van der Waals surface area contributed by atoms with Gasteiger partial charge in [-0.15, -0.1) is 11.8 Å². The molecule has 0 unspecified atom stereocenters. The lowest BCUT2D eigenvalue weighted by atomic mass is 9.98. The number of aromatic hydroxyl groups is 2. The van der Waals surface area contributed by atoms with E-state index >= 15 is 61.5 Å². The van der Waals surface area contributed by atoms with Gasteiger partial charge in [0, 0.05) is 95.6 Å². The van der Waals surface area contributed by atoms with Gasteiger partial charge in [-0.1, -0.05) is 151 Å². The topological polar surface area (TPSA) is 519 Å². The number of hydrogen-bond acceptors (Lipinski definition) is 21. The Kier molecular flexibility index (Phi) is 38.6. The number of carboxylic acid groups (broad SMARTS) is 1. The zero-order valence-corrected chi connectivity index (χ0v) is 78.6. The molecule has 6 aromatic carbocycles. The van der Waals surface area contributed by atoms with Crippen molar-refractivity contribution >= 4 is 117 Å². The first kappa shape index (κ1) is 106. The fourth-order valence-electron chi connectivity index (χ4n) is 16.6. The van der Waals surface area contributed by atoms with Gasteiger partial charge in [-0.2, -0.15) is 0 Å². The normalized spacial score (nSPS) is 23.3. The minimum Gasteiger partial charge on any atom is -0.508 e. The number of carbonyl (C=O) groups is 16. The number of fused-ring (bicyclic) bond motifs is 3. The van der Waals surface area contributed by atoms with Crippen molar-refractivity contribution in [2.75, 3.05) is 78.7 Å². The summed E-state index contributed by atoms with van der Waals surface area (Å²) in [4.78, 5) is 248. The molecule has 0 spiro atoms. The van der Waals surface area contributed by atoms with Crippen molar-refractivity contribution in [2.45, 2.75) is 184 Å². The van der Waals surface area contributed by atoms with Gasteiger partial charge in [0.05, 0.1) is 45.1 Å². The highest BCUT2D eigenvalue weighted by molar-refractivity contribution is 8.00. The molecule has 37 nitrogen and oxygen atoms in total. The molecule has 3 saturated heterocycles. The van der Waals surface area contributed by atoms with Gasteiger partial charge in [0.25, 0.3) is 0 Å². The molecule has 1 aromatic heterocycles. The molecular weight excluding hydrogens is 1810 g/mol. The lowest BCUT2D eigenvalue weighted by Crippen LogP contribution is -2.64. The van der Waals surface area contributed by atoms with Gasteiger partial charge in [0.1, 0.15) is 90.0 Å². The Balaban J connectivity index is 1.07. The van der Waals surface area contributed by atoms with Crippen LogP contribution in [0, 0.1) is 29.3 Å². The van der Waals surface area contributed by atoms with Gasteiger partial charge in [0.15, 0.2) is 17.5 Å². The highest BCUT2D eigenvalue weighted by atomic mass is 32.2. The quantitative estimate of drug-likeness (QED) is 0.0409. The zero-order chi connectivity index (χ0) is 100. The number of unbranched alkanes of at least 4 members (excludes halogenated alkanes) is 1. The number of aromatic amines is 1. The number of hydrogen-bond donors (Lipinski definition) is 14. The number of likely N-dealkylation sites (N-methyl/N-ethyl adjacent to an activating group) is 3. The van der Waals surface area contributed by atoms with Crippen LogP contribution in [0.2, 0.25) is 0 Å². The van der Waals surface area contributed by atoms with E-state index in [1.807, 2.05) is 0 Å². The van der Waals surface area contributed by atoms with Crippen molar-refractivity contribution in [1.82, 2.24) is 77.3 Å². The Morgan fingerprint density at radius 2 is 0.971 bits per heavy atom. The van der Waals surface area contributed by atoms with Gasteiger partial charge >= 0.3 is 5.97 Å². The molecule has 10 rings (SSSR count). The number of phenolic OH excluding ortho intramolecular Hbond substituents is 2. The first-order chi connectivity index (χ1) is 65.8. The monoisotopic (exact) mass is 1930 g/mol. The number of nitrogens with zero attached hydrogens (tertiary/aromatic N) is 5. The largest absolute Gasteiger partial charge is 0.508 e. The van der Waals surface area contributed by atoms with Crippen molar-refractivity contribution in [3.8, 4) is 11.5 Å². The molecule has 3 fully saturated rings. The summed E-state index contributed by atoms with van der Waals surface area (Å²) >= 11 is 0.665. The van der Waals surface area contributed by atoms with Crippen LogP contribution in [0.5, 0.6) is 11.5 Å². The van der Waals surface area contributed by atoms with E-state index in [0.29, 0.717) is 69.0 Å². The number of morpholine rings is 2. The lowest BCUT2D eigenvalue weighted by molar-refractivity contribution is -0.158. The van der Waals surface area contributed by atoms with E-state index in [1.165, 1.54) is 83.5 Å². The number of carbonyl (C=O) groups excluding carboxylic acids is 15. The smallest absolute Gasteiger partial charge is 0.305 e. The number of aliphatic carboxylic acids is 1. The number of carboxylic acids is 1. The van der Waals surface area contributed by atoms with E-state index < -0.39 is 247 Å². The molecule has 41 heteroatoms. The van der Waals surface area contributed by atoms with Gasteiger partial charge in [0.2, 0.25) is 88.6 Å². The number of phenols is 2. The third-order valence-electron chi connectivity index (χ3n) is 24.1. The molecule has 0 aliphatic carbocycles. The number of primary amides is 1. The van der Waals surface area contributed by atoms with Crippen molar-refractivity contribution in [3.63, 3.8) is 0 Å². The van der Waals surface area contributed by atoms with E-state index in [0.717, 1.165) is 24.5 Å². The van der Waals surface area contributed by atoms with E-state index in [9.17, 15) is 43.7 Å². The van der Waals surface area contributed by atoms with Crippen LogP contribution in [-0.2, 0) is 125 Å². The maximum Gasteiger partial charge on any atom is 0.305 e. The first-order valence-corrected chi connectivity index (χ1v) is 46.6. The third-order valence-corrected chi connectivity index (χ3v) is 25.2. The Morgan fingerprint density at radius 3 is 1.53 bits per heavy atom. The van der Waals surface area contributed by atoms with E-state index in [1.54, 1.807) is 112 Å². The van der Waals surface area contributed by atoms with Crippen LogP contribution >= 0.6 is 11.8 Å². The van der Waals surface area contributed by atoms with Crippen LogP contribution in [0.15, 0.2) is 152 Å². The molecular formula is C97H119F3N16O21S. The van der Waals surface area contributed by atoms with Crippen molar-refractivity contribution < 1.29 is 115 Å². The summed E-state index contributed by atoms with van der Waals surface area (Å²) in [5.41, 5.74) is 7.81. The summed E-state index contributed by atoms with van der Waals surface area (Å²) in [6.45, 7) is 5.45. The highest BCUT2D eigenvalue weighted by Gasteiger charge is 2.46. The summed E-state index contributed by atoms with van der Waals surface area (Å²) < 4.78 is 56.9. The second-order valence-electron chi connectivity index (χ2n) is 35.2. The number of H-pyrrole nitrogens is 1. The number of thioether (sulfide) groups is 1. The predicted molar refractivity (Wildman–Crippen MR) is 499 cm³/mol. The van der Waals surface area contributed by atoms with Gasteiger partial charge < -0.3 is 108 Å². The number of aromatic nitrogens is 1. The maximum atomic E-state index is 15.9. The molecule has 0 saturated carbocycles. The fourth-order valence-corrected chi connectivity index (χ4v) is 17.4. The second-order valence-corrected chi connectivity index (χ2v) is 36.2. The van der Waals surface area contributed by atoms with Crippen LogP contribution < -0.4 is 53.6 Å². The van der Waals surface area contributed by atoms with Crippen molar-refractivity contribution in [1.29, 1.82) is 0 Å². The average molecular weight is 1930 g/mol. The maximum absolute atomic E-state index is 15.9. The molecule has 15 amide bonds. The molecule has 138 heavy (non-hydrogen) atoms. The molecule has 3 aliphatic rings. The van der Waals surface area contributed by atoms with E-state index in [4.69, 9.17) is 15.2 Å². The Hall–Kier alpha value is -14.0. The van der Waals surface area contributed by atoms with Crippen LogP contribution in [0.1, 0.15) is 100 Å². The minimum absolute atomic E-state index is 0.0902. The number of amides is 15. The molecule has 4 heterocycles. The zero-order valence-electron chi connectivity index (χ0n) is 77.8. The summed E-state index contributed by atoms with van der Waals surface area (Å²) in [5, 5.41) is 55.6. The molecule has 15 N–H and O–H groups in total. The first-order valence-electron chi connectivity index (χ1n) is 45.4. The second kappa shape index (κ2) is 50.2. The van der Waals surface area contributed by atoms with Gasteiger partial charge in [-0.3, -0.25) is 76.7 Å². The Morgan fingerprint density at radius 1 is 0.500 bits per heavy atom. The number of nitrogens with two attached hydrogens (primary N) is 1. The van der Waals surface area contributed by atoms with Gasteiger partial charge in [-0.25, -0.2) is 13.2 Å².